The third-order valence-electron chi connectivity index (χ3n) is 3.02. The van der Waals surface area contributed by atoms with E-state index in [-0.39, 0.29) is 4.90 Å². The van der Waals surface area contributed by atoms with E-state index in [0.29, 0.717) is 10.6 Å². The van der Waals surface area contributed by atoms with Gasteiger partial charge in [-0.05, 0) is 24.6 Å². The van der Waals surface area contributed by atoms with Gasteiger partial charge in [-0.1, -0.05) is 23.7 Å². The first-order valence-corrected chi connectivity index (χ1v) is 8.10. The van der Waals surface area contributed by atoms with Crippen molar-refractivity contribution in [3.63, 3.8) is 0 Å². The van der Waals surface area contributed by atoms with Crippen molar-refractivity contribution in [1.82, 2.24) is 14.5 Å². The second-order valence-electron chi connectivity index (χ2n) is 4.76. The summed E-state index contributed by atoms with van der Waals surface area (Å²) in [5.41, 5.74) is 0.584. The molecule has 2 rings (SSSR count). The van der Waals surface area contributed by atoms with Crippen molar-refractivity contribution in [3.8, 4) is 0 Å². The fourth-order valence-corrected chi connectivity index (χ4v) is 3.22. The molecule has 0 aliphatic carbocycles. The zero-order valence-corrected chi connectivity index (χ0v) is 13.1. The average molecular weight is 330 g/mol. The molecule has 2 atom stereocenters. The lowest BCUT2D eigenvalue weighted by molar-refractivity contribution is 0.146. The van der Waals surface area contributed by atoms with Crippen molar-refractivity contribution in [2.75, 3.05) is 0 Å². The van der Waals surface area contributed by atoms with Crippen LogP contribution >= 0.6 is 11.6 Å². The molecule has 0 unspecified atom stereocenters. The third-order valence-corrected chi connectivity index (χ3v) is 4.78. The molecule has 8 heteroatoms. The van der Waals surface area contributed by atoms with Crippen LogP contribution in [0.2, 0.25) is 5.02 Å². The summed E-state index contributed by atoms with van der Waals surface area (Å²) >= 11 is 5.78. The minimum atomic E-state index is -3.72. The number of aliphatic hydroxyl groups excluding tert-OH is 1. The minimum absolute atomic E-state index is 0.0557. The summed E-state index contributed by atoms with van der Waals surface area (Å²) < 4.78 is 28.1. The number of aryl methyl sites for hydroxylation is 1. The number of nitrogens with one attached hydrogen (secondary N) is 1. The second-order valence-corrected chi connectivity index (χ2v) is 6.91. The van der Waals surface area contributed by atoms with Crippen molar-refractivity contribution in [2.24, 2.45) is 7.05 Å². The first-order valence-electron chi connectivity index (χ1n) is 6.24. The molecule has 0 aliphatic rings. The van der Waals surface area contributed by atoms with Gasteiger partial charge in [0.15, 0.2) is 0 Å². The molecule has 1 heterocycles. The average Bonchev–Trinajstić information content (AvgIpc) is 2.86. The maximum Gasteiger partial charge on any atom is 0.244 e. The number of hydrogen-bond donors (Lipinski definition) is 2. The molecular weight excluding hydrogens is 314 g/mol. The Labute approximate surface area is 128 Å². The van der Waals surface area contributed by atoms with Gasteiger partial charge in [-0.25, -0.2) is 13.1 Å². The van der Waals surface area contributed by atoms with Crippen molar-refractivity contribution < 1.29 is 13.5 Å². The lowest BCUT2D eigenvalue weighted by Gasteiger charge is -2.20. The quantitative estimate of drug-likeness (QED) is 0.870. The van der Waals surface area contributed by atoms with Gasteiger partial charge in [0.2, 0.25) is 10.0 Å². The number of sulfonamides is 1. The molecule has 2 N–H and O–H groups in total. The molecule has 0 bridgehead atoms. The van der Waals surface area contributed by atoms with E-state index in [9.17, 15) is 13.5 Å². The zero-order valence-electron chi connectivity index (χ0n) is 11.6. The van der Waals surface area contributed by atoms with Crippen LogP contribution in [-0.4, -0.2) is 29.3 Å². The van der Waals surface area contributed by atoms with Crippen LogP contribution in [-0.2, 0) is 17.1 Å². The first-order chi connectivity index (χ1) is 9.79. The fourth-order valence-electron chi connectivity index (χ4n) is 1.86. The normalized spacial score (nSPS) is 14.9. The number of hydrogen-bond acceptors (Lipinski definition) is 4. The van der Waals surface area contributed by atoms with Gasteiger partial charge in [0.25, 0.3) is 0 Å². The molecule has 0 spiro atoms. The monoisotopic (exact) mass is 329 g/mol. The molecule has 21 heavy (non-hydrogen) atoms. The molecular formula is C13H16ClN3O3S. The van der Waals surface area contributed by atoms with Crippen LogP contribution in [0.15, 0.2) is 41.6 Å². The maximum absolute atomic E-state index is 12.1. The summed E-state index contributed by atoms with van der Waals surface area (Å²) in [5.74, 6) is 0. The Bertz CT molecular complexity index is 713. The second kappa shape index (κ2) is 6.15. The Balaban J connectivity index is 2.13. The van der Waals surface area contributed by atoms with Crippen molar-refractivity contribution in [3.05, 3.63) is 47.2 Å². The van der Waals surface area contributed by atoms with Crippen LogP contribution in [0.3, 0.4) is 0 Å². The number of halogens is 1. The topological polar surface area (TPSA) is 84.2 Å². The fraction of sp³-hybridized carbons (Fsp3) is 0.308. The first kappa shape index (κ1) is 16.0. The van der Waals surface area contributed by atoms with Crippen LogP contribution < -0.4 is 4.72 Å². The highest BCUT2D eigenvalue weighted by molar-refractivity contribution is 7.89. The molecule has 0 aliphatic heterocycles. The molecule has 6 nitrogen and oxygen atoms in total. The van der Waals surface area contributed by atoms with Gasteiger partial charge in [-0.15, -0.1) is 0 Å². The zero-order chi connectivity index (χ0) is 15.6. The van der Waals surface area contributed by atoms with Crippen LogP contribution in [0.5, 0.6) is 0 Å². The standard InChI is InChI=1S/C13H16ClN3O3S/c1-9(13(18)10-3-5-11(14)6-4-10)16-21(19,20)12-7-15-17(2)8-12/h3-9,13,16,18H,1-2H3/t9-,13+/m1/s1. The van der Waals surface area contributed by atoms with Gasteiger partial charge >= 0.3 is 0 Å². The maximum atomic E-state index is 12.1. The van der Waals surface area contributed by atoms with Gasteiger partial charge < -0.3 is 5.11 Å². The van der Waals surface area contributed by atoms with E-state index in [2.05, 4.69) is 9.82 Å². The van der Waals surface area contributed by atoms with E-state index in [1.165, 1.54) is 17.1 Å². The van der Waals surface area contributed by atoms with E-state index in [1.54, 1.807) is 38.2 Å². The Morgan fingerprint density at radius 1 is 1.33 bits per heavy atom. The van der Waals surface area contributed by atoms with Gasteiger partial charge in [-0.2, -0.15) is 5.10 Å². The molecule has 0 saturated heterocycles. The van der Waals surface area contributed by atoms with Gasteiger partial charge in [-0.3, -0.25) is 4.68 Å². The number of rotatable bonds is 5. The van der Waals surface area contributed by atoms with Gasteiger partial charge in [0.1, 0.15) is 4.90 Å². The Hall–Kier alpha value is -1.41. The van der Waals surface area contributed by atoms with E-state index < -0.39 is 22.2 Å². The molecule has 0 amide bonds. The van der Waals surface area contributed by atoms with Gasteiger partial charge in [0, 0.05) is 24.3 Å². The summed E-state index contributed by atoms with van der Waals surface area (Å²) in [5, 5.41) is 14.6. The molecule has 2 aromatic rings. The number of benzene rings is 1. The van der Waals surface area contributed by atoms with Crippen LogP contribution in [0.4, 0.5) is 0 Å². The smallest absolute Gasteiger partial charge is 0.244 e. The van der Waals surface area contributed by atoms with Crippen LogP contribution in [0.25, 0.3) is 0 Å². The summed E-state index contributed by atoms with van der Waals surface area (Å²) in [4.78, 5) is 0.0557. The van der Waals surface area contributed by atoms with Crippen molar-refractivity contribution in [1.29, 1.82) is 0 Å². The highest BCUT2D eigenvalue weighted by Crippen LogP contribution is 2.20. The lowest BCUT2D eigenvalue weighted by Crippen LogP contribution is -2.36. The summed E-state index contributed by atoms with van der Waals surface area (Å²) in [7, 11) is -2.09. The molecule has 0 saturated carbocycles. The van der Waals surface area contributed by atoms with E-state index in [0.717, 1.165) is 0 Å². The number of aliphatic hydroxyl groups is 1. The van der Waals surface area contributed by atoms with E-state index >= 15 is 0 Å². The van der Waals surface area contributed by atoms with Crippen LogP contribution in [0.1, 0.15) is 18.6 Å². The SMILES string of the molecule is C[C@@H](NS(=O)(=O)c1cnn(C)c1)[C@H](O)c1ccc(Cl)cc1. The van der Waals surface area contributed by atoms with E-state index in [1.807, 2.05) is 0 Å². The molecule has 1 aromatic heterocycles. The lowest BCUT2D eigenvalue weighted by atomic mass is 10.0. The summed E-state index contributed by atoms with van der Waals surface area (Å²) in [6, 6.07) is 5.89. The molecule has 1 aromatic carbocycles. The summed E-state index contributed by atoms with van der Waals surface area (Å²) in [6.45, 7) is 1.59. The number of nitrogens with zero attached hydrogens (tertiary/aromatic N) is 2. The largest absolute Gasteiger partial charge is 0.387 e. The van der Waals surface area contributed by atoms with Gasteiger partial charge in [0.05, 0.1) is 12.3 Å². The molecule has 0 radical (unpaired) electrons. The Morgan fingerprint density at radius 3 is 2.48 bits per heavy atom. The molecule has 114 valence electrons. The molecule has 0 fully saturated rings. The Kier molecular flexibility index (Phi) is 4.67. The third kappa shape index (κ3) is 3.82. The Morgan fingerprint density at radius 2 is 1.95 bits per heavy atom. The van der Waals surface area contributed by atoms with E-state index in [4.69, 9.17) is 11.6 Å². The predicted octanol–water partition coefficient (Wildman–Crippen LogP) is 1.47. The predicted molar refractivity (Wildman–Crippen MR) is 79.4 cm³/mol. The van der Waals surface area contributed by atoms with Crippen molar-refractivity contribution >= 4 is 21.6 Å². The van der Waals surface area contributed by atoms with Crippen molar-refractivity contribution in [2.45, 2.75) is 24.0 Å². The highest BCUT2D eigenvalue weighted by atomic mass is 35.5. The summed E-state index contributed by atoms with van der Waals surface area (Å²) in [6.07, 6.45) is 1.67. The highest BCUT2D eigenvalue weighted by Gasteiger charge is 2.24. The van der Waals surface area contributed by atoms with Crippen LogP contribution in [0, 0.1) is 0 Å². The minimum Gasteiger partial charge on any atom is -0.387 e. The number of aromatic nitrogens is 2.